The van der Waals surface area contributed by atoms with Crippen LogP contribution in [-0.4, -0.2) is 44.8 Å². The van der Waals surface area contributed by atoms with Crippen LogP contribution in [0.4, 0.5) is 11.4 Å². The highest BCUT2D eigenvalue weighted by Gasteiger charge is 2.15. The number of morpholine rings is 1. The fraction of sp³-hybridized carbons (Fsp3) is 0.500. The van der Waals surface area contributed by atoms with Crippen molar-refractivity contribution in [3.63, 3.8) is 0 Å². The van der Waals surface area contributed by atoms with Crippen molar-refractivity contribution in [2.45, 2.75) is 6.92 Å². The van der Waals surface area contributed by atoms with E-state index >= 15 is 0 Å². The highest BCUT2D eigenvalue weighted by molar-refractivity contribution is 14.0. The zero-order valence-corrected chi connectivity index (χ0v) is 15.3. The topological polar surface area (TPSA) is 36.9 Å². The average Bonchev–Trinajstić information content (AvgIpc) is 2.46. The third-order valence-electron chi connectivity index (χ3n) is 3.14. The molecular weight excluding hydrogens is 385 g/mol. The van der Waals surface area contributed by atoms with Gasteiger partial charge in [0, 0.05) is 20.1 Å². The van der Waals surface area contributed by atoms with E-state index in [1.165, 1.54) is 11.3 Å². The van der Waals surface area contributed by atoms with E-state index in [-0.39, 0.29) is 24.0 Å². The molecule has 1 fully saturated rings. The fourth-order valence-corrected chi connectivity index (χ4v) is 2.54. The normalized spacial score (nSPS) is 15.8. The lowest BCUT2D eigenvalue weighted by Gasteiger charge is -2.31. The maximum Gasteiger partial charge on any atom is 0.160 e. The van der Waals surface area contributed by atoms with Crippen molar-refractivity contribution in [2.75, 3.05) is 49.8 Å². The first-order chi connectivity index (χ1) is 9.24. The van der Waals surface area contributed by atoms with Crippen LogP contribution in [0.25, 0.3) is 0 Å². The molecule has 0 unspecified atom stereocenters. The molecule has 1 aliphatic heterocycles. The Labute approximate surface area is 142 Å². The molecule has 1 aromatic rings. The molecule has 0 saturated carbocycles. The van der Waals surface area contributed by atoms with E-state index in [1.807, 2.05) is 13.3 Å². The maximum absolute atomic E-state index is 5.42. The van der Waals surface area contributed by atoms with Gasteiger partial charge < -0.3 is 15.0 Å². The van der Waals surface area contributed by atoms with Crippen LogP contribution in [-0.2, 0) is 4.74 Å². The molecule has 6 heteroatoms. The monoisotopic (exact) mass is 407 g/mol. The minimum absolute atomic E-state index is 0. The quantitative estimate of drug-likeness (QED) is 0.464. The molecule has 0 spiro atoms. The Kier molecular flexibility index (Phi) is 7.68. The Balaban J connectivity index is 0.00000200. The van der Waals surface area contributed by atoms with Gasteiger partial charge in [-0.2, -0.15) is 0 Å². The molecule has 20 heavy (non-hydrogen) atoms. The van der Waals surface area contributed by atoms with Gasteiger partial charge in [-0.15, -0.1) is 24.0 Å². The van der Waals surface area contributed by atoms with Crippen molar-refractivity contribution in [3.8, 4) is 0 Å². The minimum Gasteiger partial charge on any atom is -0.378 e. The van der Waals surface area contributed by atoms with Crippen LogP contribution in [0.1, 0.15) is 5.56 Å². The van der Waals surface area contributed by atoms with Gasteiger partial charge in [-0.05, 0) is 30.9 Å². The number of hydrogen-bond donors (Lipinski definition) is 1. The van der Waals surface area contributed by atoms with E-state index in [4.69, 9.17) is 4.74 Å². The lowest BCUT2D eigenvalue weighted by molar-refractivity contribution is 0.123. The number of amidine groups is 1. The molecular formula is C14H22IN3OS. The summed E-state index contributed by atoms with van der Waals surface area (Å²) in [6.07, 6.45) is 2.03. The molecule has 1 heterocycles. The molecule has 0 radical (unpaired) electrons. The van der Waals surface area contributed by atoms with Gasteiger partial charge in [-0.3, -0.25) is 4.99 Å². The van der Waals surface area contributed by atoms with Crippen LogP contribution in [0.3, 0.4) is 0 Å². The van der Waals surface area contributed by atoms with Gasteiger partial charge in [-0.1, -0.05) is 17.8 Å². The van der Waals surface area contributed by atoms with Crippen LogP contribution in [0, 0.1) is 6.92 Å². The maximum atomic E-state index is 5.42. The Hall–Kier alpha value is -0.470. The summed E-state index contributed by atoms with van der Waals surface area (Å²) in [5.41, 5.74) is 3.59. The first kappa shape index (κ1) is 17.6. The highest BCUT2D eigenvalue weighted by atomic mass is 127. The largest absolute Gasteiger partial charge is 0.378 e. The van der Waals surface area contributed by atoms with Crippen LogP contribution in [0.2, 0.25) is 0 Å². The van der Waals surface area contributed by atoms with Crippen molar-refractivity contribution in [1.82, 2.24) is 0 Å². The van der Waals surface area contributed by atoms with Crippen LogP contribution in [0.15, 0.2) is 23.2 Å². The number of aliphatic imine (C=N–C) groups is 1. The SMILES string of the molecule is C/N=C(/Nc1cc(C)ccc1N1CCOCC1)SC.I. The Bertz CT molecular complexity index is 462. The molecule has 2 rings (SSSR count). The molecule has 1 aliphatic rings. The average molecular weight is 407 g/mol. The number of rotatable bonds is 2. The summed E-state index contributed by atoms with van der Waals surface area (Å²) < 4.78 is 5.42. The lowest BCUT2D eigenvalue weighted by atomic mass is 10.1. The molecule has 0 amide bonds. The smallest absolute Gasteiger partial charge is 0.160 e. The van der Waals surface area contributed by atoms with E-state index in [9.17, 15) is 0 Å². The molecule has 0 bridgehead atoms. The minimum atomic E-state index is 0. The van der Waals surface area contributed by atoms with E-state index < -0.39 is 0 Å². The van der Waals surface area contributed by atoms with Gasteiger partial charge in [0.15, 0.2) is 5.17 Å². The Morgan fingerprint density at radius 3 is 2.65 bits per heavy atom. The zero-order valence-electron chi connectivity index (χ0n) is 12.2. The van der Waals surface area contributed by atoms with Crippen molar-refractivity contribution >= 4 is 52.3 Å². The summed E-state index contributed by atoms with van der Waals surface area (Å²) in [5.74, 6) is 0. The lowest BCUT2D eigenvalue weighted by Crippen LogP contribution is -2.36. The molecule has 4 nitrogen and oxygen atoms in total. The molecule has 0 aromatic heterocycles. The van der Waals surface area contributed by atoms with Crippen LogP contribution < -0.4 is 10.2 Å². The number of hydrogen-bond acceptors (Lipinski definition) is 4. The first-order valence-corrected chi connectivity index (χ1v) is 7.68. The number of benzene rings is 1. The molecule has 1 aromatic carbocycles. The predicted octanol–water partition coefficient (Wildman–Crippen LogP) is 3.21. The van der Waals surface area contributed by atoms with Gasteiger partial charge in [0.25, 0.3) is 0 Å². The van der Waals surface area contributed by atoms with Crippen molar-refractivity contribution in [1.29, 1.82) is 0 Å². The van der Waals surface area contributed by atoms with E-state index in [1.54, 1.807) is 11.8 Å². The highest BCUT2D eigenvalue weighted by Crippen LogP contribution is 2.28. The number of halogens is 1. The summed E-state index contributed by atoms with van der Waals surface area (Å²) in [7, 11) is 1.81. The summed E-state index contributed by atoms with van der Waals surface area (Å²) in [5, 5.41) is 4.35. The molecule has 0 aliphatic carbocycles. The third kappa shape index (κ3) is 4.53. The third-order valence-corrected chi connectivity index (χ3v) is 3.81. The number of ether oxygens (including phenoxy) is 1. The summed E-state index contributed by atoms with van der Waals surface area (Å²) >= 11 is 1.62. The molecule has 1 saturated heterocycles. The number of aryl methyl sites for hydroxylation is 1. The summed E-state index contributed by atoms with van der Waals surface area (Å²) in [6, 6.07) is 6.50. The number of nitrogens with one attached hydrogen (secondary N) is 1. The number of anilines is 2. The zero-order chi connectivity index (χ0) is 13.7. The van der Waals surface area contributed by atoms with Crippen LogP contribution >= 0.6 is 35.7 Å². The van der Waals surface area contributed by atoms with Gasteiger partial charge >= 0.3 is 0 Å². The van der Waals surface area contributed by atoms with Crippen LogP contribution in [0.5, 0.6) is 0 Å². The number of thioether (sulfide) groups is 1. The van der Waals surface area contributed by atoms with E-state index in [2.05, 4.69) is 40.3 Å². The van der Waals surface area contributed by atoms with Crippen molar-refractivity contribution in [3.05, 3.63) is 23.8 Å². The second kappa shape index (κ2) is 8.74. The van der Waals surface area contributed by atoms with E-state index in [0.717, 1.165) is 37.2 Å². The van der Waals surface area contributed by atoms with Gasteiger partial charge in [-0.25, -0.2) is 0 Å². The fourth-order valence-electron chi connectivity index (χ4n) is 2.14. The van der Waals surface area contributed by atoms with Gasteiger partial charge in [0.2, 0.25) is 0 Å². The Morgan fingerprint density at radius 2 is 2.05 bits per heavy atom. The van der Waals surface area contributed by atoms with E-state index in [0.29, 0.717) is 0 Å². The first-order valence-electron chi connectivity index (χ1n) is 6.45. The van der Waals surface area contributed by atoms with Crippen molar-refractivity contribution in [2.24, 2.45) is 4.99 Å². The molecule has 0 atom stereocenters. The Morgan fingerprint density at radius 1 is 1.35 bits per heavy atom. The predicted molar refractivity (Wildman–Crippen MR) is 100 cm³/mol. The van der Waals surface area contributed by atoms with Gasteiger partial charge in [0.1, 0.15) is 0 Å². The summed E-state index contributed by atoms with van der Waals surface area (Å²) in [6.45, 7) is 5.58. The molecule has 1 N–H and O–H groups in total. The molecule has 112 valence electrons. The second-order valence-electron chi connectivity index (χ2n) is 4.48. The standard InChI is InChI=1S/C14H21N3OS.HI/c1-11-4-5-13(17-6-8-18-9-7-17)12(10-11)16-14(15-2)19-3;/h4-5,10H,6-9H2,1-3H3,(H,15,16);1H. The van der Waals surface area contributed by atoms with Gasteiger partial charge in [0.05, 0.1) is 24.6 Å². The summed E-state index contributed by atoms with van der Waals surface area (Å²) in [4.78, 5) is 6.60. The number of nitrogens with zero attached hydrogens (tertiary/aromatic N) is 2. The van der Waals surface area contributed by atoms with Crippen molar-refractivity contribution < 1.29 is 4.74 Å². The second-order valence-corrected chi connectivity index (χ2v) is 5.27.